The molecule has 0 aliphatic carbocycles. The van der Waals surface area contributed by atoms with Gasteiger partial charge in [-0.05, 0) is 79.6 Å². The molecule has 3 aromatic rings. The number of esters is 1. The lowest BCUT2D eigenvalue weighted by atomic mass is 9.75. The second-order valence-electron chi connectivity index (χ2n) is 10.3. The largest absolute Gasteiger partial charge is 0.522 e. The van der Waals surface area contributed by atoms with E-state index in [-0.39, 0.29) is 19.6 Å². The number of amides is 1. The fourth-order valence-electron chi connectivity index (χ4n) is 4.46. The Balaban J connectivity index is 2.25. The Kier molecular flexibility index (Phi) is 10.1. The molecule has 0 bridgehead atoms. The predicted octanol–water partition coefficient (Wildman–Crippen LogP) is 7.48. The van der Waals surface area contributed by atoms with Crippen LogP contribution < -0.4 is 5.32 Å². The van der Waals surface area contributed by atoms with Crippen LogP contribution in [-0.2, 0) is 34.9 Å². The highest BCUT2D eigenvalue weighted by atomic mass is 32.1. The Morgan fingerprint density at radius 2 is 1.56 bits per heavy atom. The Labute approximate surface area is 235 Å². The van der Waals surface area contributed by atoms with Gasteiger partial charge in [0.1, 0.15) is 5.60 Å². The molecule has 9 heteroatoms. The maximum atomic E-state index is 14.1. The smallest absolute Gasteiger partial charge is 0.464 e. The van der Waals surface area contributed by atoms with Crippen LogP contribution in [0.3, 0.4) is 0 Å². The van der Waals surface area contributed by atoms with Crippen molar-refractivity contribution in [3.05, 3.63) is 82.6 Å². The lowest BCUT2D eigenvalue weighted by molar-refractivity contribution is -0.153. The number of benzene rings is 2. The van der Waals surface area contributed by atoms with E-state index in [1.807, 2.05) is 41.8 Å². The van der Waals surface area contributed by atoms with Crippen LogP contribution in [0.1, 0.15) is 52.7 Å². The van der Waals surface area contributed by atoms with Crippen molar-refractivity contribution >= 4 is 31.4 Å². The van der Waals surface area contributed by atoms with E-state index < -0.39 is 36.4 Å². The number of ether oxygens (including phenoxy) is 2. The van der Waals surface area contributed by atoms with Crippen molar-refractivity contribution in [2.24, 2.45) is 0 Å². The van der Waals surface area contributed by atoms with Crippen LogP contribution in [0.25, 0.3) is 11.1 Å². The number of nitrogens with one attached hydrogen (secondary N) is 1. The molecular formula is C30H37NO6PS+. The van der Waals surface area contributed by atoms with Crippen LogP contribution in [-0.4, -0.2) is 36.4 Å². The summed E-state index contributed by atoms with van der Waals surface area (Å²) in [5, 5.41) is 5.38. The second kappa shape index (κ2) is 12.9. The number of hydrogen-bond acceptors (Lipinski definition) is 7. The van der Waals surface area contributed by atoms with E-state index in [2.05, 4.69) is 10.7 Å². The first-order chi connectivity index (χ1) is 18.5. The molecule has 0 aliphatic rings. The van der Waals surface area contributed by atoms with E-state index in [4.69, 9.17) is 14.0 Å². The molecule has 3 rings (SSSR count). The van der Waals surface area contributed by atoms with E-state index in [1.165, 1.54) is 0 Å². The molecule has 1 amide bonds. The summed E-state index contributed by atoms with van der Waals surface area (Å²) in [7, 11) is -2.55. The van der Waals surface area contributed by atoms with Crippen LogP contribution in [0.5, 0.6) is 0 Å². The summed E-state index contributed by atoms with van der Waals surface area (Å²) < 4.78 is 30.9. The third kappa shape index (κ3) is 6.93. The number of alkyl carbamates (subject to hydrolysis) is 1. The van der Waals surface area contributed by atoms with Gasteiger partial charge >= 0.3 is 20.1 Å². The highest BCUT2D eigenvalue weighted by Crippen LogP contribution is 2.56. The quantitative estimate of drug-likeness (QED) is 0.190. The van der Waals surface area contributed by atoms with Gasteiger partial charge in [-0.15, -0.1) is 4.52 Å². The van der Waals surface area contributed by atoms with Gasteiger partial charge in [0.25, 0.3) is 5.16 Å². The van der Waals surface area contributed by atoms with Crippen molar-refractivity contribution in [3.8, 4) is 11.1 Å². The molecule has 1 unspecified atom stereocenters. The van der Waals surface area contributed by atoms with Gasteiger partial charge in [0, 0.05) is 12.0 Å². The third-order valence-corrected chi connectivity index (χ3v) is 8.94. The maximum absolute atomic E-state index is 14.1. The fourth-order valence-corrected chi connectivity index (χ4v) is 6.51. The van der Waals surface area contributed by atoms with Gasteiger partial charge in [0.2, 0.25) is 5.54 Å². The average molecular weight is 571 g/mol. The van der Waals surface area contributed by atoms with Crippen molar-refractivity contribution in [2.75, 3.05) is 13.2 Å². The summed E-state index contributed by atoms with van der Waals surface area (Å²) in [5.41, 5.74) is 0.715. The van der Waals surface area contributed by atoms with Gasteiger partial charge in [0.15, 0.2) is 0 Å². The van der Waals surface area contributed by atoms with Crippen LogP contribution in [0, 0.1) is 0 Å². The normalized spacial score (nSPS) is 15.0. The first-order valence-corrected chi connectivity index (χ1v) is 15.0. The van der Waals surface area contributed by atoms with Crippen LogP contribution in [0.2, 0.25) is 0 Å². The third-order valence-electron chi connectivity index (χ3n) is 6.39. The molecule has 0 saturated heterocycles. The van der Waals surface area contributed by atoms with E-state index in [0.717, 1.165) is 16.7 Å². The molecule has 0 fully saturated rings. The zero-order valence-corrected chi connectivity index (χ0v) is 25.1. The first-order valence-electron chi connectivity index (χ1n) is 12.9. The lowest BCUT2D eigenvalue weighted by Gasteiger charge is -2.40. The number of hydrogen-bond donors (Lipinski definition) is 1. The Morgan fingerprint density at radius 3 is 2.10 bits per heavy atom. The van der Waals surface area contributed by atoms with E-state index in [1.54, 1.807) is 77.1 Å². The fraction of sp³-hybridized carbons (Fsp3) is 0.400. The van der Waals surface area contributed by atoms with Crippen LogP contribution in [0.4, 0.5) is 4.79 Å². The average Bonchev–Trinajstić information content (AvgIpc) is 3.43. The monoisotopic (exact) mass is 570 g/mol. The van der Waals surface area contributed by atoms with Gasteiger partial charge in [0.05, 0.1) is 13.2 Å². The van der Waals surface area contributed by atoms with E-state index in [0.29, 0.717) is 5.56 Å². The maximum Gasteiger partial charge on any atom is 0.522 e. The molecule has 0 spiro atoms. The second-order valence-corrected chi connectivity index (χ2v) is 12.7. The minimum atomic E-state index is -2.55. The molecular weight excluding hydrogens is 533 g/mol. The molecule has 1 N–H and O–H groups in total. The van der Waals surface area contributed by atoms with Crippen molar-refractivity contribution in [1.29, 1.82) is 0 Å². The number of carbonyl (C=O) groups is 2. The lowest BCUT2D eigenvalue weighted by Crippen LogP contribution is -2.67. The van der Waals surface area contributed by atoms with Crippen molar-refractivity contribution < 1.29 is 28.2 Å². The minimum Gasteiger partial charge on any atom is -0.464 e. The Bertz CT molecular complexity index is 1260. The summed E-state index contributed by atoms with van der Waals surface area (Å²) in [6, 6.07) is 18.7. The summed E-state index contributed by atoms with van der Waals surface area (Å²) in [6.07, 6.45) is -0.846. The first kappa shape index (κ1) is 30.5. The highest BCUT2D eigenvalue weighted by Gasteiger charge is 2.69. The van der Waals surface area contributed by atoms with Gasteiger partial charge in [-0.2, -0.15) is 11.3 Å². The molecule has 7 nitrogen and oxygen atoms in total. The van der Waals surface area contributed by atoms with Crippen molar-refractivity contribution in [3.63, 3.8) is 0 Å². The van der Waals surface area contributed by atoms with Crippen molar-refractivity contribution in [1.82, 2.24) is 5.32 Å². The van der Waals surface area contributed by atoms with Gasteiger partial charge in [-0.25, -0.2) is 9.59 Å². The molecule has 208 valence electrons. The van der Waals surface area contributed by atoms with Gasteiger partial charge < -0.3 is 14.8 Å². The minimum absolute atomic E-state index is 0.0193. The molecule has 39 heavy (non-hydrogen) atoms. The highest BCUT2D eigenvalue weighted by molar-refractivity contribution is 7.40. The molecule has 3 atom stereocenters. The topological polar surface area (TPSA) is 90.9 Å². The van der Waals surface area contributed by atoms with Gasteiger partial charge in [-0.3, -0.25) is 0 Å². The molecule has 2 aromatic carbocycles. The molecule has 0 radical (unpaired) electrons. The molecule has 1 aromatic heterocycles. The standard InChI is InChI=1S/C30H36NO6PS/c1-7-35-26(32)30(31-27(33)37-28(3,4)5,20-22-14-16-23(17-15-22)24-18-19-39-21-24)29(6,38(34)36-8-2)25-12-10-9-11-13-25/h9-19,21H,7-8,20H2,1-6H3/p+1/t29-,30+/m1/s1. The van der Waals surface area contributed by atoms with Crippen molar-refractivity contribution in [2.45, 2.75) is 64.3 Å². The van der Waals surface area contributed by atoms with Gasteiger partial charge in [-0.1, -0.05) is 54.6 Å². The number of thiophene rings is 1. The summed E-state index contributed by atoms with van der Waals surface area (Å²) in [4.78, 5) is 27.4. The summed E-state index contributed by atoms with van der Waals surface area (Å²) in [5.74, 6) is -0.729. The molecule has 0 aliphatic heterocycles. The predicted molar refractivity (Wildman–Crippen MR) is 155 cm³/mol. The summed E-state index contributed by atoms with van der Waals surface area (Å²) >= 11 is 1.61. The zero-order chi connectivity index (χ0) is 28.7. The Hall–Kier alpha value is -3.06. The van der Waals surface area contributed by atoms with E-state index in [9.17, 15) is 14.2 Å². The Morgan fingerprint density at radius 1 is 0.897 bits per heavy atom. The SMILES string of the molecule is CCOC(=O)[C@](Cc1ccc(-c2ccsc2)cc1)(NC(=O)OC(C)(C)C)[C@@](C)(c1ccccc1)[P+](=O)OCC. The summed E-state index contributed by atoms with van der Waals surface area (Å²) in [6.45, 7) is 10.5. The van der Waals surface area contributed by atoms with Crippen LogP contribution in [0.15, 0.2) is 71.4 Å². The van der Waals surface area contributed by atoms with Crippen LogP contribution >= 0.6 is 19.4 Å². The number of carbonyl (C=O) groups excluding carboxylic acids is 2. The number of rotatable bonds is 11. The molecule has 0 saturated carbocycles. The van der Waals surface area contributed by atoms with E-state index >= 15 is 0 Å². The zero-order valence-electron chi connectivity index (χ0n) is 23.4. The molecule has 1 heterocycles.